The molecule has 40 heavy (non-hydrogen) atoms. The molecule has 0 bridgehead atoms. The molecular weight excluding hydrogens is 548 g/mol. The Morgan fingerprint density at radius 3 is 1.52 bits per heavy atom. The van der Waals surface area contributed by atoms with Gasteiger partial charge in [-0.3, -0.25) is 19.1 Å². The number of hydrogen-bond donors (Lipinski definition) is 2. The third-order valence-electron chi connectivity index (χ3n) is 5.93. The second-order valence-electron chi connectivity index (χ2n) is 8.59. The monoisotopic (exact) mass is 572 g/mol. The Kier molecular flexibility index (Phi) is 8.36. The molecule has 4 aromatic carbocycles. The van der Waals surface area contributed by atoms with Crippen LogP contribution in [0.5, 0.6) is 0 Å². The van der Waals surface area contributed by atoms with E-state index in [1.807, 2.05) is 48.5 Å². The van der Waals surface area contributed by atoms with Crippen LogP contribution in [0, 0.1) is 0 Å². The molecule has 0 aliphatic heterocycles. The Bertz CT molecular complexity index is 1860. The molecule has 0 heterocycles. The molecule has 0 unspecified atom stereocenters. The maximum Gasteiger partial charge on any atom is 0.295 e. The average Bonchev–Trinajstić information content (AvgIpc) is 2.94. The van der Waals surface area contributed by atoms with Crippen molar-refractivity contribution in [1.82, 2.24) is 0 Å². The summed E-state index contributed by atoms with van der Waals surface area (Å²) in [6.07, 6.45) is 5.95. The first-order valence-corrected chi connectivity index (χ1v) is 14.6. The zero-order chi connectivity index (χ0) is 28.9. The quantitative estimate of drug-likeness (QED) is 0.130. The van der Waals surface area contributed by atoms with Crippen LogP contribution in [-0.2, 0) is 20.2 Å². The topological polar surface area (TPSA) is 133 Å². The lowest BCUT2D eigenvalue weighted by molar-refractivity contribution is 0.480. The molecule has 4 rings (SSSR count). The maximum absolute atomic E-state index is 12.1. The van der Waals surface area contributed by atoms with Crippen LogP contribution < -0.4 is 0 Å². The van der Waals surface area contributed by atoms with Crippen LogP contribution in [0.3, 0.4) is 0 Å². The second-order valence-corrected chi connectivity index (χ2v) is 11.4. The van der Waals surface area contributed by atoms with Gasteiger partial charge in [-0.15, -0.1) is 0 Å². The molecule has 0 saturated heterocycles. The lowest BCUT2D eigenvalue weighted by Gasteiger charge is -2.07. The van der Waals surface area contributed by atoms with Crippen molar-refractivity contribution in [2.45, 2.75) is 9.79 Å². The summed E-state index contributed by atoms with van der Waals surface area (Å²) in [5.74, 6) is 0. The van der Waals surface area contributed by atoms with Gasteiger partial charge in [-0.2, -0.15) is 16.8 Å². The van der Waals surface area contributed by atoms with E-state index in [4.69, 9.17) is 0 Å². The van der Waals surface area contributed by atoms with Gasteiger partial charge in [0.25, 0.3) is 20.2 Å². The number of hydrogen-bond acceptors (Lipinski definition) is 6. The zero-order valence-corrected chi connectivity index (χ0v) is 22.7. The fraction of sp³-hybridized carbons (Fsp3) is 0. The third-order valence-corrected chi connectivity index (χ3v) is 7.75. The van der Waals surface area contributed by atoms with Crippen LogP contribution in [0.1, 0.15) is 22.3 Å². The van der Waals surface area contributed by atoms with Crippen LogP contribution in [0.25, 0.3) is 29.4 Å². The highest BCUT2D eigenvalue weighted by atomic mass is 32.2. The van der Waals surface area contributed by atoms with Crippen LogP contribution >= 0.6 is 0 Å². The van der Waals surface area contributed by atoms with E-state index in [9.17, 15) is 25.9 Å². The second kappa shape index (κ2) is 11.7. The first-order valence-electron chi connectivity index (χ1n) is 11.7. The molecule has 10 heteroatoms. The van der Waals surface area contributed by atoms with Gasteiger partial charge in [-0.05, 0) is 64.4 Å². The number of rotatable bonds is 9. The van der Waals surface area contributed by atoms with Crippen LogP contribution in [0.15, 0.2) is 111 Å². The highest BCUT2D eigenvalue weighted by Gasteiger charge is 2.17. The van der Waals surface area contributed by atoms with Gasteiger partial charge < -0.3 is 0 Å². The highest BCUT2D eigenvalue weighted by molar-refractivity contribution is 7.86. The van der Waals surface area contributed by atoms with Gasteiger partial charge >= 0.3 is 0 Å². The summed E-state index contributed by atoms with van der Waals surface area (Å²) < 4.78 is 67.3. The molecule has 0 atom stereocenters. The van der Waals surface area contributed by atoms with E-state index in [1.54, 1.807) is 18.4 Å². The van der Waals surface area contributed by atoms with E-state index < -0.39 is 30.0 Å². The van der Waals surface area contributed by atoms with Crippen molar-refractivity contribution < 1.29 is 25.9 Å². The van der Waals surface area contributed by atoms with Gasteiger partial charge in [-0.25, -0.2) is 0 Å². The molecule has 0 aliphatic rings. The Morgan fingerprint density at radius 1 is 0.625 bits per heavy atom. The van der Waals surface area contributed by atoms with Crippen LogP contribution in [0.2, 0.25) is 0 Å². The number of aliphatic imine (C=N–C) groups is 2. The molecule has 0 fully saturated rings. The predicted octanol–water partition coefficient (Wildman–Crippen LogP) is 6.74. The summed E-state index contributed by atoms with van der Waals surface area (Å²) in [5.41, 5.74) is 4.53. The van der Waals surface area contributed by atoms with Crippen molar-refractivity contribution in [3.8, 4) is 11.1 Å². The minimum Gasteiger partial charge on any atom is -0.282 e. The fourth-order valence-corrected chi connectivity index (χ4v) is 5.26. The van der Waals surface area contributed by atoms with Crippen molar-refractivity contribution in [2.24, 2.45) is 9.98 Å². The van der Waals surface area contributed by atoms with E-state index in [0.717, 1.165) is 28.3 Å². The summed E-state index contributed by atoms with van der Waals surface area (Å²) >= 11 is 0. The van der Waals surface area contributed by atoms with Crippen molar-refractivity contribution >= 4 is 62.8 Å². The summed E-state index contributed by atoms with van der Waals surface area (Å²) in [7, 11) is -9.26. The zero-order valence-electron chi connectivity index (χ0n) is 21.0. The SMILES string of the molecule is C=Cc1ccc(-c2ccc(C=Nc3ccc(/C=C/c4ccc(N=C)cc4S(=O)(=O)O)c(S(=O)(=O)O)c3)cc2)cc1. The molecular formula is C30H24N2O6S2. The van der Waals surface area contributed by atoms with Crippen molar-refractivity contribution in [2.75, 3.05) is 0 Å². The van der Waals surface area contributed by atoms with E-state index in [2.05, 4.69) is 23.3 Å². The third kappa shape index (κ3) is 6.93. The standard InChI is InChI=1S/C30H24N2O6S2/c1-3-21-4-8-23(9-5-21)24-10-6-22(7-11-24)20-32-28-17-15-26(30(19-28)40(36,37)38)13-12-25-14-16-27(31-2)18-29(25)39(33,34)35/h3-20H,1-2H2,(H,33,34,35)(H,36,37,38)/b13-12+,32-20?. The Morgan fingerprint density at radius 2 is 1.07 bits per heavy atom. The van der Waals surface area contributed by atoms with Gasteiger partial charge in [-0.1, -0.05) is 85.5 Å². The molecule has 0 saturated carbocycles. The van der Waals surface area contributed by atoms with E-state index in [-0.39, 0.29) is 22.5 Å². The van der Waals surface area contributed by atoms with Crippen LogP contribution in [-0.4, -0.2) is 38.9 Å². The lowest BCUT2D eigenvalue weighted by Crippen LogP contribution is -2.01. The highest BCUT2D eigenvalue weighted by Crippen LogP contribution is 2.28. The molecule has 8 nitrogen and oxygen atoms in total. The summed E-state index contributed by atoms with van der Waals surface area (Å²) in [4.78, 5) is 7.13. The van der Waals surface area contributed by atoms with E-state index in [0.29, 0.717) is 0 Å². The smallest absolute Gasteiger partial charge is 0.282 e. The number of nitrogens with zero attached hydrogens (tertiary/aromatic N) is 2. The molecule has 0 spiro atoms. The lowest BCUT2D eigenvalue weighted by atomic mass is 10.0. The predicted molar refractivity (Wildman–Crippen MR) is 160 cm³/mol. The first kappa shape index (κ1) is 28.5. The molecule has 202 valence electrons. The van der Waals surface area contributed by atoms with Gasteiger partial charge in [0.05, 0.1) is 11.4 Å². The Balaban J connectivity index is 1.61. The largest absolute Gasteiger partial charge is 0.295 e. The van der Waals surface area contributed by atoms with Crippen molar-refractivity contribution in [3.05, 3.63) is 114 Å². The first-order chi connectivity index (χ1) is 19.0. The molecule has 4 aromatic rings. The molecule has 0 aliphatic carbocycles. The Labute approximate surface area is 232 Å². The average molecular weight is 573 g/mol. The van der Waals surface area contributed by atoms with Gasteiger partial charge in [0.2, 0.25) is 0 Å². The molecule has 0 aromatic heterocycles. The van der Waals surface area contributed by atoms with Crippen molar-refractivity contribution in [3.63, 3.8) is 0 Å². The van der Waals surface area contributed by atoms with Crippen LogP contribution in [0.4, 0.5) is 11.4 Å². The minimum atomic E-state index is -4.66. The fourth-order valence-electron chi connectivity index (χ4n) is 3.85. The molecule has 0 amide bonds. The summed E-state index contributed by atoms with van der Waals surface area (Å²) in [5, 5.41) is 0. The minimum absolute atomic E-state index is 0.0818. The number of benzene rings is 4. The molecule has 0 radical (unpaired) electrons. The molecule has 2 N–H and O–H groups in total. The van der Waals surface area contributed by atoms with E-state index >= 15 is 0 Å². The van der Waals surface area contributed by atoms with E-state index in [1.165, 1.54) is 36.4 Å². The van der Waals surface area contributed by atoms with Gasteiger partial charge in [0.15, 0.2) is 0 Å². The summed E-state index contributed by atoms with van der Waals surface area (Å²) in [6, 6.07) is 23.8. The van der Waals surface area contributed by atoms with Crippen molar-refractivity contribution in [1.29, 1.82) is 0 Å². The maximum atomic E-state index is 12.1. The normalized spacial score (nSPS) is 12.2. The van der Waals surface area contributed by atoms with Gasteiger partial charge in [0.1, 0.15) is 9.79 Å². The van der Waals surface area contributed by atoms with Gasteiger partial charge in [0, 0.05) is 6.21 Å². The summed E-state index contributed by atoms with van der Waals surface area (Å²) in [6.45, 7) is 7.08. The Hall–Kier alpha value is -4.48.